The first-order valence-corrected chi connectivity index (χ1v) is 10.6. The van der Waals surface area contributed by atoms with Gasteiger partial charge in [0.2, 0.25) is 0 Å². The summed E-state index contributed by atoms with van der Waals surface area (Å²) in [6, 6.07) is 19.4. The van der Waals surface area contributed by atoms with E-state index in [0.717, 1.165) is 45.7 Å². The lowest BCUT2D eigenvalue weighted by atomic mass is 10.1. The van der Waals surface area contributed by atoms with Crippen LogP contribution < -0.4 is 0 Å². The number of benzene rings is 2. The Labute approximate surface area is 181 Å². The Hall–Kier alpha value is -2.98. The number of carboxylic acids is 1. The zero-order chi connectivity index (χ0) is 21.4. The van der Waals surface area contributed by atoms with E-state index < -0.39 is 12.0 Å². The summed E-state index contributed by atoms with van der Waals surface area (Å²) in [6.45, 7) is 6.18. The average Bonchev–Trinajstić information content (AvgIpc) is 3.26. The number of aromatic nitrogens is 2. The molecule has 0 radical (unpaired) electrons. The Morgan fingerprint density at radius 1 is 1.03 bits per heavy atom. The molecule has 5 heteroatoms. The summed E-state index contributed by atoms with van der Waals surface area (Å²) in [5, 5.41) is 11.7. The lowest BCUT2D eigenvalue weighted by Gasteiger charge is -2.19. The number of fused-ring (bicyclic) bond motifs is 1. The van der Waals surface area contributed by atoms with Gasteiger partial charge in [0.15, 0.2) is 0 Å². The Balaban J connectivity index is 2.06. The molecule has 1 N–H and O–H groups in total. The van der Waals surface area contributed by atoms with Crippen molar-refractivity contribution in [2.24, 2.45) is 0 Å². The minimum Gasteiger partial charge on any atom is -0.480 e. The molecular formula is C25H25ClN2O2. The van der Waals surface area contributed by atoms with Crippen LogP contribution in [0.15, 0.2) is 60.7 Å². The van der Waals surface area contributed by atoms with Crippen LogP contribution in [-0.2, 0) is 4.79 Å². The van der Waals surface area contributed by atoms with Crippen molar-refractivity contribution >= 4 is 28.5 Å². The third kappa shape index (κ3) is 3.41. The van der Waals surface area contributed by atoms with Gasteiger partial charge in [0.1, 0.15) is 6.04 Å². The molecule has 4 rings (SSSR count). The first kappa shape index (κ1) is 20.3. The highest BCUT2D eigenvalue weighted by atomic mass is 35.5. The van der Waals surface area contributed by atoms with Crippen molar-refractivity contribution in [3.8, 4) is 16.9 Å². The molecule has 154 valence electrons. The van der Waals surface area contributed by atoms with Crippen LogP contribution in [0.25, 0.3) is 27.8 Å². The second-order valence-electron chi connectivity index (χ2n) is 7.71. The number of aliphatic carboxylic acids is 1. The number of hydrogen-bond acceptors (Lipinski definition) is 1. The molecule has 2 aromatic carbocycles. The fraction of sp³-hybridized carbons (Fsp3) is 0.240. The van der Waals surface area contributed by atoms with Crippen LogP contribution in [0.4, 0.5) is 0 Å². The van der Waals surface area contributed by atoms with Crippen LogP contribution >= 0.6 is 11.6 Å². The van der Waals surface area contributed by atoms with Gasteiger partial charge in [0.05, 0.1) is 16.9 Å². The van der Waals surface area contributed by atoms with Gasteiger partial charge in [-0.3, -0.25) is 0 Å². The van der Waals surface area contributed by atoms with E-state index in [1.807, 2.05) is 47.9 Å². The molecular weight excluding hydrogens is 396 g/mol. The normalized spacial score (nSPS) is 12.4. The second kappa shape index (κ2) is 8.04. The lowest BCUT2D eigenvalue weighted by molar-refractivity contribution is -0.141. The standard InChI is InChI=1S/C25H25ClN2O2/c1-4-6-23(25(29)30)28-22-8-5-7-21(27-16(2)9-10-17(27)3)20(22)15-24(28)18-11-13-19(26)14-12-18/h5,7-15,23H,4,6H2,1-3H3,(H,29,30). The first-order valence-electron chi connectivity index (χ1n) is 10.2. The van der Waals surface area contributed by atoms with E-state index >= 15 is 0 Å². The van der Waals surface area contributed by atoms with Gasteiger partial charge in [-0.05, 0) is 68.3 Å². The number of carboxylic acid groups (broad SMARTS) is 1. The average molecular weight is 421 g/mol. The van der Waals surface area contributed by atoms with E-state index in [9.17, 15) is 9.90 Å². The molecule has 0 saturated heterocycles. The van der Waals surface area contributed by atoms with Gasteiger partial charge in [0.25, 0.3) is 0 Å². The van der Waals surface area contributed by atoms with Crippen LogP contribution in [0.3, 0.4) is 0 Å². The van der Waals surface area contributed by atoms with Crippen LogP contribution in [0.1, 0.15) is 37.2 Å². The molecule has 1 unspecified atom stereocenters. The number of rotatable bonds is 6. The molecule has 0 aliphatic rings. The molecule has 0 aliphatic carbocycles. The van der Waals surface area contributed by atoms with Gasteiger partial charge in [0, 0.05) is 21.8 Å². The smallest absolute Gasteiger partial charge is 0.326 e. The molecule has 0 fully saturated rings. The minimum absolute atomic E-state index is 0.561. The highest BCUT2D eigenvalue weighted by Gasteiger charge is 2.25. The molecule has 4 nitrogen and oxygen atoms in total. The molecule has 2 heterocycles. The van der Waals surface area contributed by atoms with Crippen molar-refractivity contribution in [1.29, 1.82) is 0 Å². The van der Waals surface area contributed by atoms with E-state index in [0.29, 0.717) is 11.4 Å². The quantitative estimate of drug-likeness (QED) is 0.373. The highest BCUT2D eigenvalue weighted by Crippen LogP contribution is 2.37. The number of aryl methyl sites for hydroxylation is 2. The maximum absolute atomic E-state index is 12.2. The number of hydrogen-bond donors (Lipinski definition) is 1. The van der Waals surface area contributed by atoms with E-state index in [2.05, 4.69) is 42.7 Å². The maximum Gasteiger partial charge on any atom is 0.326 e. The summed E-state index contributed by atoms with van der Waals surface area (Å²) in [7, 11) is 0. The first-order chi connectivity index (χ1) is 14.4. The Morgan fingerprint density at radius 3 is 2.30 bits per heavy atom. The third-order valence-electron chi connectivity index (χ3n) is 5.67. The van der Waals surface area contributed by atoms with Crippen LogP contribution in [0.2, 0.25) is 5.02 Å². The van der Waals surface area contributed by atoms with Crippen molar-refractivity contribution in [3.63, 3.8) is 0 Å². The highest BCUT2D eigenvalue weighted by molar-refractivity contribution is 6.30. The van der Waals surface area contributed by atoms with Crippen molar-refractivity contribution in [3.05, 3.63) is 77.1 Å². The molecule has 0 spiro atoms. The van der Waals surface area contributed by atoms with Crippen LogP contribution in [-0.4, -0.2) is 20.2 Å². The fourth-order valence-electron chi connectivity index (χ4n) is 4.29. The van der Waals surface area contributed by atoms with Crippen molar-refractivity contribution in [1.82, 2.24) is 9.13 Å². The SMILES string of the molecule is CCCC(C(=O)O)n1c(-c2ccc(Cl)cc2)cc2c(-n3c(C)ccc3C)cccc21. The minimum atomic E-state index is -0.816. The molecule has 0 bridgehead atoms. The van der Waals surface area contributed by atoms with Crippen molar-refractivity contribution < 1.29 is 9.90 Å². The molecule has 1 atom stereocenters. The Bertz CT molecular complexity index is 1200. The monoisotopic (exact) mass is 420 g/mol. The second-order valence-corrected chi connectivity index (χ2v) is 8.15. The number of halogens is 1. The Morgan fingerprint density at radius 2 is 1.70 bits per heavy atom. The van der Waals surface area contributed by atoms with Gasteiger partial charge in [-0.25, -0.2) is 4.79 Å². The summed E-state index contributed by atoms with van der Waals surface area (Å²) in [6.07, 6.45) is 1.34. The van der Waals surface area contributed by atoms with Crippen LogP contribution in [0.5, 0.6) is 0 Å². The molecule has 30 heavy (non-hydrogen) atoms. The van der Waals surface area contributed by atoms with Gasteiger partial charge in [-0.2, -0.15) is 0 Å². The van der Waals surface area contributed by atoms with Gasteiger partial charge >= 0.3 is 5.97 Å². The molecule has 0 amide bonds. The predicted molar refractivity (Wildman–Crippen MR) is 123 cm³/mol. The van der Waals surface area contributed by atoms with E-state index in [-0.39, 0.29) is 0 Å². The van der Waals surface area contributed by atoms with Gasteiger partial charge in [-0.1, -0.05) is 43.1 Å². The zero-order valence-electron chi connectivity index (χ0n) is 17.4. The molecule has 0 aliphatic heterocycles. The number of nitrogens with zero attached hydrogens (tertiary/aromatic N) is 2. The topological polar surface area (TPSA) is 47.2 Å². The maximum atomic E-state index is 12.2. The van der Waals surface area contributed by atoms with Crippen LogP contribution in [0, 0.1) is 13.8 Å². The molecule has 4 aromatic rings. The molecule has 2 aromatic heterocycles. The lowest BCUT2D eigenvalue weighted by Crippen LogP contribution is -2.19. The summed E-state index contributed by atoms with van der Waals surface area (Å²) in [5.74, 6) is -0.816. The summed E-state index contributed by atoms with van der Waals surface area (Å²) in [4.78, 5) is 12.2. The summed E-state index contributed by atoms with van der Waals surface area (Å²) in [5.41, 5.74) is 6.10. The van der Waals surface area contributed by atoms with Gasteiger partial charge in [-0.15, -0.1) is 0 Å². The van der Waals surface area contributed by atoms with Crippen molar-refractivity contribution in [2.75, 3.05) is 0 Å². The summed E-state index contributed by atoms with van der Waals surface area (Å²) >= 11 is 6.10. The third-order valence-corrected chi connectivity index (χ3v) is 5.92. The fourth-order valence-corrected chi connectivity index (χ4v) is 4.42. The number of carbonyl (C=O) groups is 1. The Kier molecular flexibility index (Phi) is 5.44. The molecule has 0 saturated carbocycles. The van der Waals surface area contributed by atoms with E-state index in [1.165, 1.54) is 0 Å². The zero-order valence-corrected chi connectivity index (χ0v) is 18.1. The van der Waals surface area contributed by atoms with Gasteiger partial charge < -0.3 is 14.2 Å². The predicted octanol–water partition coefficient (Wildman–Crippen LogP) is 6.80. The van der Waals surface area contributed by atoms with E-state index in [4.69, 9.17) is 11.6 Å². The summed E-state index contributed by atoms with van der Waals surface area (Å²) < 4.78 is 4.19. The van der Waals surface area contributed by atoms with E-state index in [1.54, 1.807) is 0 Å². The largest absolute Gasteiger partial charge is 0.480 e. The van der Waals surface area contributed by atoms with Crippen molar-refractivity contribution in [2.45, 2.75) is 39.7 Å².